The molecule has 0 fully saturated rings. The van der Waals surface area contributed by atoms with Crippen LogP contribution in [0.1, 0.15) is 39.2 Å². The molecule has 0 aliphatic rings. The van der Waals surface area contributed by atoms with Crippen molar-refractivity contribution in [1.82, 2.24) is 10.2 Å². The molecule has 2 amide bonds. The second-order valence-electron chi connectivity index (χ2n) is 9.42. The summed E-state index contributed by atoms with van der Waals surface area (Å²) >= 11 is 3.38. The first-order valence-corrected chi connectivity index (χ1v) is 15.4. The van der Waals surface area contributed by atoms with E-state index in [9.17, 15) is 18.0 Å². The molecule has 0 saturated heterocycles. The second kappa shape index (κ2) is 14.3. The SMILES string of the molecule is CC[C@@H](C)NC(=O)[C@@H](CC)N(Cc1cccc(OC)c1)C(=O)CN(c1ccc(Br)cc1)S(=O)(=O)c1ccccc1. The summed E-state index contributed by atoms with van der Waals surface area (Å²) in [6, 6.07) is 21.1. The Hall–Kier alpha value is -3.37. The first-order chi connectivity index (χ1) is 19.1. The van der Waals surface area contributed by atoms with Gasteiger partial charge in [0.15, 0.2) is 0 Å². The number of carbonyl (C=O) groups excluding carboxylic acids is 2. The number of hydrogen-bond donors (Lipinski definition) is 1. The highest BCUT2D eigenvalue weighted by molar-refractivity contribution is 9.10. The van der Waals surface area contributed by atoms with Crippen LogP contribution in [0.25, 0.3) is 0 Å². The topological polar surface area (TPSA) is 96.0 Å². The van der Waals surface area contributed by atoms with Crippen LogP contribution in [0.2, 0.25) is 0 Å². The molecule has 8 nitrogen and oxygen atoms in total. The van der Waals surface area contributed by atoms with Crippen molar-refractivity contribution in [3.05, 3.63) is 88.9 Å². The molecule has 0 bridgehead atoms. The average molecular weight is 631 g/mol. The molecule has 40 heavy (non-hydrogen) atoms. The van der Waals surface area contributed by atoms with Crippen molar-refractivity contribution in [3.63, 3.8) is 0 Å². The third kappa shape index (κ3) is 7.85. The minimum atomic E-state index is -4.10. The predicted octanol–water partition coefficient (Wildman–Crippen LogP) is 5.38. The number of ether oxygens (including phenoxy) is 1. The first kappa shape index (κ1) is 31.2. The number of rotatable bonds is 13. The van der Waals surface area contributed by atoms with E-state index in [2.05, 4.69) is 21.2 Å². The summed E-state index contributed by atoms with van der Waals surface area (Å²) in [5.41, 5.74) is 1.09. The number of methoxy groups -OCH3 is 1. The van der Waals surface area contributed by atoms with Crippen LogP contribution >= 0.6 is 15.9 Å². The maximum Gasteiger partial charge on any atom is 0.264 e. The zero-order valence-corrected chi connectivity index (χ0v) is 25.6. The number of benzene rings is 3. The molecule has 0 heterocycles. The number of carbonyl (C=O) groups is 2. The molecule has 3 aromatic rings. The Balaban J connectivity index is 2.05. The van der Waals surface area contributed by atoms with E-state index < -0.39 is 28.5 Å². The molecule has 2 atom stereocenters. The Morgan fingerprint density at radius 1 is 0.950 bits per heavy atom. The number of nitrogens with zero attached hydrogens (tertiary/aromatic N) is 2. The fourth-order valence-electron chi connectivity index (χ4n) is 4.18. The van der Waals surface area contributed by atoms with Crippen molar-refractivity contribution in [3.8, 4) is 5.75 Å². The van der Waals surface area contributed by atoms with Gasteiger partial charge in [0.25, 0.3) is 10.0 Å². The van der Waals surface area contributed by atoms with Crippen LogP contribution in [-0.2, 0) is 26.2 Å². The Kier molecular flexibility index (Phi) is 11.2. The lowest BCUT2D eigenvalue weighted by Crippen LogP contribution is -2.53. The van der Waals surface area contributed by atoms with E-state index in [1.165, 1.54) is 17.0 Å². The smallest absolute Gasteiger partial charge is 0.264 e. The summed E-state index contributed by atoms with van der Waals surface area (Å²) in [7, 11) is -2.55. The number of sulfonamides is 1. The average Bonchev–Trinajstić information content (AvgIpc) is 2.96. The monoisotopic (exact) mass is 629 g/mol. The summed E-state index contributed by atoms with van der Waals surface area (Å²) in [6.45, 7) is 5.31. The lowest BCUT2D eigenvalue weighted by molar-refractivity contribution is -0.140. The molecule has 3 aromatic carbocycles. The van der Waals surface area contributed by atoms with E-state index in [4.69, 9.17) is 4.74 Å². The van der Waals surface area contributed by atoms with Crippen LogP contribution in [0, 0.1) is 0 Å². The Labute approximate surface area is 245 Å². The minimum absolute atomic E-state index is 0.0617. The Bertz CT molecular complexity index is 1380. The van der Waals surface area contributed by atoms with Crippen LogP contribution in [0.3, 0.4) is 0 Å². The molecule has 0 aliphatic heterocycles. The van der Waals surface area contributed by atoms with Gasteiger partial charge in [-0.2, -0.15) is 0 Å². The fourth-order valence-corrected chi connectivity index (χ4v) is 5.88. The zero-order valence-electron chi connectivity index (χ0n) is 23.2. The van der Waals surface area contributed by atoms with Crippen LogP contribution in [0.5, 0.6) is 5.75 Å². The predicted molar refractivity (Wildman–Crippen MR) is 161 cm³/mol. The normalized spacial score (nSPS) is 12.7. The molecule has 10 heteroatoms. The van der Waals surface area contributed by atoms with Gasteiger partial charge < -0.3 is 15.0 Å². The van der Waals surface area contributed by atoms with Crippen LogP contribution in [0.4, 0.5) is 5.69 Å². The van der Waals surface area contributed by atoms with Gasteiger partial charge in [-0.3, -0.25) is 13.9 Å². The molecular formula is C30H36BrN3O5S. The van der Waals surface area contributed by atoms with E-state index in [-0.39, 0.29) is 23.4 Å². The third-order valence-corrected chi connectivity index (χ3v) is 8.92. The summed E-state index contributed by atoms with van der Waals surface area (Å²) in [5.74, 6) is -0.171. The summed E-state index contributed by atoms with van der Waals surface area (Å²) < 4.78 is 34.9. The first-order valence-electron chi connectivity index (χ1n) is 13.2. The number of hydrogen-bond acceptors (Lipinski definition) is 5. The van der Waals surface area contributed by atoms with Crippen molar-refractivity contribution < 1.29 is 22.7 Å². The number of nitrogens with one attached hydrogen (secondary N) is 1. The maximum atomic E-state index is 14.1. The van der Waals surface area contributed by atoms with Gasteiger partial charge in [-0.15, -0.1) is 0 Å². The van der Waals surface area contributed by atoms with Crippen LogP contribution in [0.15, 0.2) is 88.2 Å². The molecular weight excluding hydrogens is 594 g/mol. The largest absolute Gasteiger partial charge is 0.497 e. The van der Waals surface area contributed by atoms with Gasteiger partial charge in [-0.05, 0) is 73.9 Å². The minimum Gasteiger partial charge on any atom is -0.497 e. The summed E-state index contributed by atoms with van der Waals surface area (Å²) in [5, 5.41) is 2.98. The molecule has 0 saturated carbocycles. The Morgan fingerprint density at radius 3 is 2.23 bits per heavy atom. The number of amides is 2. The van der Waals surface area contributed by atoms with Gasteiger partial charge in [0, 0.05) is 17.1 Å². The highest BCUT2D eigenvalue weighted by Gasteiger charge is 2.34. The molecule has 0 unspecified atom stereocenters. The quantitative estimate of drug-likeness (QED) is 0.274. The van der Waals surface area contributed by atoms with Crippen molar-refractivity contribution in [2.75, 3.05) is 18.0 Å². The third-order valence-electron chi connectivity index (χ3n) is 6.60. The van der Waals surface area contributed by atoms with Crippen LogP contribution < -0.4 is 14.4 Å². The molecule has 0 spiro atoms. The van der Waals surface area contributed by atoms with Gasteiger partial charge in [-0.1, -0.05) is 60.1 Å². The highest BCUT2D eigenvalue weighted by atomic mass is 79.9. The van der Waals surface area contributed by atoms with Gasteiger partial charge >= 0.3 is 0 Å². The van der Waals surface area contributed by atoms with E-state index in [0.717, 1.165) is 20.8 Å². The van der Waals surface area contributed by atoms with Crippen molar-refractivity contribution >= 4 is 43.5 Å². The van der Waals surface area contributed by atoms with Crippen molar-refractivity contribution in [2.45, 2.75) is 57.1 Å². The van der Waals surface area contributed by atoms with E-state index in [1.807, 2.05) is 32.9 Å². The Morgan fingerprint density at radius 2 is 1.62 bits per heavy atom. The number of halogens is 1. The standard InChI is InChI=1S/C30H36BrN3O5S/c1-5-22(3)32-30(36)28(6-2)33(20-23-11-10-12-26(19-23)39-4)29(35)21-34(25-17-15-24(31)16-18-25)40(37,38)27-13-8-7-9-14-27/h7-19,22,28H,5-6,20-21H2,1-4H3,(H,32,36)/t22-,28-/m1/s1. The van der Waals surface area contributed by atoms with Crippen molar-refractivity contribution in [2.24, 2.45) is 0 Å². The molecule has 0 aromatic heterocycles. The fraction of sp³-hybridized carbons (Fsp3) is 0.333. The lowest BCUT2D eigenvalue weighted by Gasteiger charge is -2.33. The maximum absolute atomic E-state index is 14.1. The van der Waals surface area contributed by atoms with E-state index in [1.54, 1.807) is 61.7 Å². The highest BCUT2D eigenvalue weighted by Crippen LogP contribution is 2.26. The van der Waals surface area contributed by atoms with Gasteiger partial charge in [-0.25, -0.2) is 8.42 Å². The van der Waals surface area contributed by atoms with Gasteiger partial charge in [0.2, 0.25) is 11.8 Å². The van der Waals surface area contributed by atoms with E-state index in [0.29, 0.717) is 17.9 Å². The van der Waals surface area contributed by atoms with E-state index >= 15 is 0 Å². The molecule has 0 aliphatic carbocycles. The van der Waals surface area contributed by atoms with Crippen LogP contribution in [-0.4, -0.2) is 50.9 Å². The second-order valence-corrected chi connectivity index (χ2v) is 12.2. The van der Waals surface area contributed by atoms with Gasteiger partial charge in [0.05, 0.1) is 17.7 Å². The molecule has 1 N–H and O–H groups in total. The number of anilines is 1. The zero-order chi connectivity index (χ0) is 29.3. The molecule has 214 valence electrons. The summed E-state index contributed by atoms with van der Waals surface area (Å²) in [6.07, 6.45) is 1.08. The molecule has 3 rings (SSSR count). The molecule has 0 radical (unpaired) electrons. The van der Waals surface area contributed by atoms with Crippen molar-refractivity contribution in [1.29, 1.82) is 0 Å². The lowest BCUT2D eigenvalue weighted by atomic mass is 10.1. The van der Waals surface area contributed by atoms with Gasteiger partial charge in [0.1, 0.15) is 18.3 Å². The summed E-state index contributed by atoms with van der Waals surface area (Å²) in [4.78, 5) is 29.0.